The highest BCUT2D eigenvalue weighted by molar-refractivity contribution is 7.92. The van der Waals surface area contributed by atoms with Gasteiger partial charge in [0.2, 0.25) is 0 Å². The van der Waals surface area contributed by atoms with Crippen LogP contribution in [-0.2, 0) is 23.1 Å². The van der Waals surface area contributed by atoms with E-state index >= 15 is 0 Å². The molecule has 0 aliphatic rings. The van der Waals surface area contributed by atoms with E-state index in [-0.39, 0.29) is 10.8 Å². The van der Waals surface area contributed by atoms with Crippen LogP contribution in [0.5, 0.6) is 0 Å². The lowest BCUT2D eigenvalue weighted by Gasteiger charge is -2.11. The maximum atomic E-state index is 12.7. The molecule has 174 valence electrons. The van der Waals surface area contributed by atoms with Crippen LogP contribution in [-0.4, -0.2) is 23.9 Å². The highest BCUT2D eigenvalue weighted by Gasteiger charge is 2.15. The number of anilines is 1. The number of benzene rings is 3. The quantitative estimate of drug-likeness (QED) is 0.399. The van der Waals surface area contributed by atoms with Crippen LogP contribution in [0.4, 0.5) is 5.69 Å². The summed E-state index contributed by atoms with van der Waals surface area (Å²) in [4.78, 5) is 16.7. The van der Waals surface area contributed by atoms with Gasteiger partial charge < -0.3 is 9.88 Å². The van der Waals surface area contributed by atoms with E-state index in [9.17, 15) is 13.2 Å². The molecular formula is C26H26N4O3S. The molecule has 2 N–H and O–H groups in total. The van der Waals surface area contributed by atoms with Gasteiger partial charge in [-0.15, -0.1) is 0 Å². The van der Waals surface area contributed by atoms with Crippen LogP contribution >= 0.6 is 0 Å². The Hall–Kier alpha value is -3.91. The average molecular weight is 475 g/mol. The fraction of sp³-hybridized carbons (Fsp3) is 0.154. The van der Waals surface area contributed by atoms with Crippen LogP contribution in [0.3, 0.4) is 0 Å². The van der Waals surface area contributed by atoms with Gasteiger partial charge in [-0.1, -0.05) is 30.3 Å². The molecule has 0 aliphatic heterocycles. The molecule has 8 heteroatoms. The first-order valence-corrected chi connectivity index (χ1v) is 12.3. The number of nitrogens with zero attached hydrogens (tertiary/aromatic N) is 2. The van der Waals surface area contributed by atoms with E-state index in [0.29, 0.717) is 17.8 Å². The lowest BCUT2D eigenvalue weighted by atomic mass is 10.1. The molecule has 0 atom stereocenters. The monoisotopic (exact) mass is 474 g/mol. The van der Waals surface area contributed by atoms with Gasteiger partial charge in [-0.25, -0.2) is 13.4 Å². The molecule has 0 aliphatic carbocycles. The van der Waals surface area contributed by atoms with E-state index in [1.165, 1.54) is 24.3 Å². The molecule has 0 saturated carbocycles. The first kappa shape index (κ1) is 23.3. The van der Waals surface area contributed by atoms with Gasteiger partial charge in [0.25, 0.3) is 15.9 Å². The first-order chi connectivity index (χ1) is 16.3. The molecule has 34 heavy (non-hydrogen) atoms. The van der Waals surface area contributed by atoms with Crippen molar-refractivity contribution in [1.82, 2.24) is 14.9 Å². The van der Waals surface area contributed by atoms with E-state index in [2.05, 4.69) is 15.0 Å². The zero-order valence-electron chi connectivity index (χ0n) is 19.0. The summed E-state index contributed by atoms with van der Waals surface area (Å²) in [6.07, 6.45) is 5.42. The standard InChI is InChI=1S/C26H26N4O3S/c1-19-3-10-24(15-20(19)2)29-34(32,33)25-11-8-23(9-12-25)26(31)28-16-21-4-6-22(7-5-21)17-30-14-13-27-18-30/h3-15,18,29H,16-17H2,1-2H3,(H,28,31). The van der Waals surface area contributed by atoms with Crippen molar-refractivity contribution in [2.45, 2.75) is 31.8 Å². The fourth-order valence-electron chi connectivity index (χ4n) is 3.44. The predicted octanol–water partition coefficient (Wildman–Crippen LogP) is 4.28. The van der Waals surface area contributed by atoms with Crippen LogP contribution in [0.15, 0.2) is 90.3 Å². The molecule has 0 radical (unpaired) electrons. The summed E-state index contributed by atoms with van der Waals surface area (Å²) in [5, 5.41) is 2.87. The Kier molecular flexibility index (Phi) is 6.79. The molecule has 1 aromatic heterocycles. The minimum Gasteiger partial charge on any atom is -0.348 e. The van der Waals surface area contributed by atoms with Crippen molar-refractivity contribution in [3.05, 3.63) is 113 Å². The molecule has 1 heterocycles. The zero-order valence-corrected chi connectivity index (χ0v) is 19.8. The van der Waals surface area contributed by atoms with Crippen molar-refractivity contribution in [3.63, 3.8) is 0 Å². The summed E-state index contributed by atoms with van der Waals surface area (Å²) in [7, 11) is -3.75. The zero-order chi connectivity index (χ0) is 24.1. The second kappa shape index (κ2) is 9.93. The molecule has 1 amide bonds. The van der Waals surface area contributed by atoms with E-state index in [4.69, 9.17) is 0 Å². The minimum absolute atomic E-state index is 0.0933. The summed E-state index contributed by atoms with van der Waals surface area (Å²) < 4.78 is 30.0. The molecule has 0 unspecified atom stereocenters. The molecule has 0 spiro atoms. The smallest absolute Gasteiger partial charge is 0.261 e. The predicted molar refractivity (Wildman–Crippen MR) is 132 cm³/mol. The summed E-state index contributed by atoms with van der Waals surface area (Å²) in [6.45, 7) is 5.00. The minimum atomic E-state index is -3.75. The third-order valence-electron chi connectivity index (χ3n) is 5.59. The number of carbonyl (C=O) groups excluding carboxylic acids is 1. The lowest BCUT2D eigenvalue weighted by Crippen LogP contribution is -2.23. The number of nitrogens with one attached hydrogen (secondary N) is 2. The van der Waals surface area contributed by atoms with Gasteiger partial charge in [0.1, 0.15) is 0 Å². The summed E-state index contributed by atoms with van der Waals surface area (Å²) in [6, 6.07) is 19.3. The molecule has 4 rings (SSSR count). The molecule has 4 aromatic rings. The van der Waals surface area contributed by atoms with Crippen LogP contribution < -0.4 is 10.0 Å². The van der Waals surface area contributed by atoms with Gasteiger partial charge in [0, 0.05) is 36.7 Å². The Morgan fingerprint density at radius 2 is 1.62 bits per heavy atom. The molecule has 0 bridgehead atoms. The molecule has 0 fully saturated rings. The van der Waals surface area contributed by atoms with E-state index in [1.807, 2.05) is 54.9 Å². The average Bonchev–Trinajstić information content (AvgIpc) is 3.34. The number of sulfonamides is 1. The van der Waals surface area contributed by atoms with Gasteiger partial charge in [-0.3, -0.25) is 9.52 Å². The number of aromatic nitrogens is 2. The third-order valence-corrected chi connectivity index (χ3v) is 6.98. The van der Waals surface area contributed by atoms with Gasteiger partial charge in [0.15, 0.2) is 0 Å². The van der Waals surface area contributed by atoms with Crippen LogP contribution in [0, 0.1) is 13.8 Å². The summed E-state index contributed by atoms with van der Waals surface area (Å²) in [5.74, 6) is -0.270. The van der Waals surface area contributed by atoms with Crippen molar-refractivity contribution in [2.75, 3.05) is 4.72 Å². The third kappa shape index (κ3) is 5.71. The number of amides is 1. The molecular weight excluding hydrogens is 448 g/mol. The number of aryl methyl sites for hydroxylation is 2. The highest BCUT2D eigenvalue weighted by Crippen LogP contribution is 2.19. The maximum absolute atomic E-state index is 12.7. The first-order valence-electron chi connectivity index (χ1n) is 10.8. The highest BCUT2D eigenvalue weighted by atomic mass is 32.2. The molecule has 7 nitrogen and oxygen atoms in total. The Balaban J connectivity index is 1.34. The van der Waals surface area contributed by atoms with Crippen molar-refractivity contribution in [1.29, 1.82) is 0 Å². The van der Waals surface area contributed by atoms with Crippen LogP contribution in [0.2, 0.25) is 0 Å². The second-order valence-electron chi connectivity index (χ2n) is 8.16. The lowest BCUT2D eigenvalue weighted by molar-refractivity contribution is 0.0951. The molecule has 0 saturated heterocycles. The number of imidazole rings is 1. The van der Waals surface area contributed by atoms with Crippen molar-refractivity contribution >= 4 is 21.6 Å². The van der Waals surface area contributed by atoms with E-state index < -0.39 is 10.0 Å². The number of hydrogen-bond donors (Lipinski definition) is 2. The molecule has 3 aromatic carbocycles. The van der Waals surface area contributed by atoms with Crippen molar-refractivity contribution in [2.24, 2.45) is 0 Å². The normalized spacial score (nSPS) is 11.2. The van der Waals surface area contributed by atoms with Gasteiger partial charge >= 0.3 is 0 Å². The Morgan fingerprint density at radius 3 is 2.26 bits per heavy atom. The summed E-state index contributed by atoms with van der Waals surface area (Å²) in [5.41, 5.74) is 5.09. The van der Waals surface area contributed by atoms with Crippen molar-refractivity contribution < 1.29 is 13.2 Å². The Labute approximate surface area is 199 Å². The number of hydrogen-bond acceptors (Lipinski definition) is 4. The summed E-state index contributed by atoms with van der Waals surface area (Å²) >= 11 is 0. The largest absolute Gasteiger partial charge is 0.348 e. The fourth-order valence-corrected chi connectivity index (χ4v) is 4.49. The Morgan fingerprint density at radius 1 is 0.912 bits per heavy atom. The van der Waals surface area contributed by atoms with Crippen LogP contribution in [0.25, 0.3) is 0 Å². The van der Waals surface area contributed by atoms with E-state index in [0.717, 1.165) is 28.8 Å². The topological polar surface area (TPSA) is 93.1 Å². The number of carbonyl (C=O) groups is 1. The van der Waals surface area contributed by atoms with Crippen molar-refractivity contribution in [3.8, 4) is 0 Å². The second-order valence-corrected chi connectivity index (χ2v) is 9.85. The van der Waals surface area contributed by atoms with Gasteiger partial charge in [-0.2, -0.15) is 0 Å². The SMILES string of the molecule is Cc1ccc(NS(=O)(=O)c2ccc(C(=O)NCc3ccc(Cn4ccnc4)cc3)cc2)cc1C. The van der Waals surface area contributed by atoms with Gasteiger partial charge in [0.05, 0.1) is 11.2 Å². The van der Waals surface area contributed by atoms with Crippen LogP contribution in [0.1, 0.15) is 32.6 Å². The van der Waals surface area contributed by atoms with E-state index in [1.54, 1.807) is 24.7 Å². The number of rotatable bonds is 8. The van der Waals surface area contributed by atoms with Gasteiger partial charge in [-0.05, 0) is 72.5 Å². The maximum Gasteiger partial charge on any atom is 0.261 e. The Bertz CT molecular complexity index is 1380.